The van der Waals surface area contributed by atoms with Crippen molar-refractivity contribution in [3.05, 3.63) is 42.2 Å². The monoisotopic (exact) mass is 287 g/mol. The van der Waals surface area contributed by atoms with E-state index < -0.39 is 6.10 Å². The van der Waals surface area contributed by atoms with Crippen LogP contribution in [0.15, 0.2) is 40.8 Å². The number of amides is 1. The molecule has 0 fully saturated rings. The van der Waals surface area contributed by atoms with Gasteiger partial charge in [-0.15, -0.1) is 0 Å². The van der Waals surface area contributed by atoms with Crippen molar-refractivity contribution in [2.24, 2.45) is 5.41 Å². The Hall–Kier alpha value is -2.07. The summed E-state index contributed by atoms with van der Waals surface area (Å²) in [5.41, 5.74) is 0.538. The molecule has 0 radical (unpaired) electrons. The third-order valence-corrected chi connectivity index (χ3v) is 3.31. The minimum Gasteiger partial charge on any atom is -0.457 e. The highest BCUT2D eigenvalue weighted by Gasteiger charge is 2.21. The van der Waals surface area contributed by atoms with Crippen LogP contribution in [0.3, 0.4) is 0 Å². The average Bonchev–Trinajstić information content (AvgIpc) is 2.84. The zero-order chi connectivity index (χ0) is 15.5. The summed E-state index contributed by atoms with van der Waals surface area (Å²) in [7, 11) is 0. The number of carbonyl (C=O) groups is 1. The lowest BCUT2D eigenvalue weighted by molar-refractivity contribution is -0.117. The number of furan rings is 1. The third-order valence-electron chi connectivity index (χ3n) is 3.31. The van der Waals surface area contributed by atoms with Gasteiger partial charge in [0.05, 0.1) is 6.10 Å². The SMILES string of the molecule is CC(C)(C)C(O)CNC(=O)/C=C/c1cc2ccccc2o1. The maximum absolute atomic E-state index is 11.7. The molecule has 21 heavy (non-hydrogen) atoms. The van der Waals surface area contributed by atoms with Crippen LogP contribution in [-0.2, 0) is 4.79 Å². The van der Waals surface area contributed by atoms with Gasteiger partial charge in [0, 0.05) is 18.0 Å². The number of benzene rings is 1. The van der Waals surface area contributed by atoms with E-state index in [1.165, 1.54) is 6.08 Å². The summed E-state index contributed by atoms with van der Waals surface area (Å²) in [6.45, 7) is 6.00. The molecule has 1 unspecified atom stereocenters. The van der Waals surface area contributed by atoms with Crippen LogP contribution in [0.5, 0.6) is 0 Å². The van der Waals surface area contributed by atoms with Crippen LogP contribution in [0.2, 0.25) is 0 Å². The molecule has 2 rings (SSSR count). The summed E-state index contributed by atoms with van der Waals surface area (Å²) in [5, 5.41) is 13.5. The number of rotatable bonds is 4. The first-order chi connectivity index (χ1) is 9.86. The molecule has 0 spiro atoms. The lowest BCUT2D eigenvalue weighted by atomic mass is 9.89. The fraction of sp³-hybridized carbons (Fsp3) is 0.353. The number of hydrogen-bond acceptors (Lipinski definition) is 3. The predicted octanol–water partition coefficient (Wildman–Crippen LogP) is 2.97. The Bertz CT molecular complexity index is 616. The van der Waals surface area contributed by atoms with Crippen LogP contribution in [0.1, 0.15) is 26.5 Å². The van der Waals surface area contributed by atoms with Gasteiger partial charge in [-0.05, 0) is 23.6 Å². The maximum atomic E-state index is 11.7. The lowest BCUT2D eigenvalue weighted by Crippen LogP contribution is -2.38. The molecule has 0 aliphatic rings. The summed E-state index contributed by atoms with van der Waals surface area (Å²) in [6.07, 6.45) is 2.45. The third kappa shape index (κ3) is 4.20. The van der Waals surface area contributed by atoms with E-state index in [2.05, 4.69) is 5.32 Å². The molecular formula is C17H21NO3. The van der Waals surface area contributed by atoms with E-state index in [0.717, 1.165) is 11.0 Å². The van der Waals surface area contributed by atoms with E-state index >= 15 is 0 Å². The number of nitrogens with one attached hydrogen (secondary N) is 1. The zero-order valence-electron chi connectivity index (χ0n) is 12.6. The fourth-order valence-corrected chi connectivity index (χ4v) is 1.80. The van der Waals surface area contributed by atoms with Gasteiger partial charge in [-0.2, -0.15) is 0 Å². The molecule has 0 aliphatic carbocycles. The van der Waals surface area contributed by atoms with Crippen molar-refractivity contribution in [3.8, 4) is 0 Å². The van der Waals surface area contributed by atoms with Crippen molar-refractivity contribution in [1.82, 2.24) is 5.32 Å². The Morgan fingerprint density at radius 2 is 2.10 bits per heavy atom. The minimum absolute atomic E-state index is 0.229. The standard InChI is InChI=1S/C17H21NO3/c1-17(2,3)15(19)11-18-16(20)9-8-13-10-12-6-4-5-7-14(12)21-13/h4-10,15,19H,11H2,1-3H3,(H,18,20)/b9-8+. The predicted molar refractivity (Wildman–Crippen MR) is 83.7 cm³/mol. The van der Waals surface area contributed by atoms with Crippen molar-refractivity contribution in [2.45, 2.75) is 26.9 Å². The van der Waals surface area contributed by atoms with E-state index in [9.17, 15) is 9.90 Å². The van der Waals surface area contributed by atoms with E-state index in [4.69, 9.17) is 4.42 Å². The summed E-state index contributed by atoms with van der Waals surface area (Å²) < 4.78 is 5.58. The number of aliphatic hydroxyl groups is 1. The largest absolute Gasteiger partial charge is 0.457 e. The summed E-state index contributed by atoms with van der Waals surface area (Å²) in [5.74, 6) is 0.376. The molecule has 0 saturated carbocycles. The van der Waals surface area contributed by atoms with Crippen LogP contribution >= 0.6 is 0 Å². The lowest BCUT2D eigenvalue weighted by Gasteiger charge is -2.25. The Balaban J connectivity index is 1.93. The number of para-hydroxylation sites is 1. The number of carbonyl (C=O) groups excluding carboxylic acids is 1. The van der Waals surface area contributed by atoms with Gasteiger partial charge in [-0.3, -0.25) is 4.79 Å². The van der Waals surface area contributed by atoms with Gasteiger partial charge in [-0.25, -0.2) is 0 Å². The van der Waals surface area contributed by atoms with Crippen LogP contribution < -0.4 is 5.32 Å². The first-order valence-corrected chi connectivity index (χ1v) is 6.99. The van der Waals surface area contributed by atoms with E-state index in [0.29, 0.717) is 5.76 Å². The van der Waals surface area contributed by atoms with E-state index in [-0.39, 0.29) is 17.9 Å². The van der Waals surface area contributed by atoms with Crippen LogP contribution in [0.25, 0.3) is 17.0 Å². The molecule has 2 aromatic rings. The molecule has 1 aromatic carbocycles. The molecule has 4 heteroatoms. The van der Waals surface area contributed by atoms with Crippen LogP contribution in [0.4, 0.5) is 0 Å². The maximum Gasteiger partial charge on any atom is 0.244 e. The highest BCUT2D eigenvalue weighted by Crippen LogP contribution is 2.20. The number of aliphatic hydroxyl groups excluding tert-OH is 1. The van der Waals surface area contributed by atoms with Crippen molar-refractivity contribution >= 4 is 23.0 Å². The van der Waals surface area contributed by atoms with Crippen molar-refractivity contribution in [3.63, 3.8) is 0 Å². The molecular weight excluding hydrogens is 266 g/mol. The van der Waals surface area contributed by atoms with Gasteiger partial charge < -0.3 is 14.8 Å². The molecule has 0 bridgehead atoms. The zero-order valence-corrected chi connectivity index (χ0v) is 12.6. The quantitative estimate of drug-likeness (QED) is 0.850. The Kier molecular flexibility index (Phi) is 4.48. The summed E-state index contributed by atoms with van der Waals surface area (Å²) >= 11 is 0. The molecule has 1 amide bonds. The van der Waals surface area contributed by atoms with Gasteiger partial charge in [0.25, 0.3) is 0 Å². The average molecular weight is 287 g/mol. The normalized spacial score (nSPS) is 13.7. The van der Waals surface area contributed by atoms with Gasteiger partial charge >= 0.3 is 0 Å². The second-order valence-corrected chi connectivity index (χ2v) is 6.15. The molecule has 0 aliphatic heterocycles. The first-order valence-electron chi connectivity index (χ1n) is 6.99. The van der Waals surface area contributed by atoms with Crippen molar-refractivity contribution < 1.29 is 14.3 Å². The number of hydrogen-bond donors (Lipinski definition) is 2. The molecule has 1 heterocycles. The molecule has 1 atom stereocenters. The van der Waals surface area contributed by atoms with E-state index in [1.807, 2.05) is 51.1 Å². The molecule has 4 nitrogen and oxygen atoms in total. The van der Waals surface area contributed by atoms with Gasteiger partial charge in [0.15, 0.2) is 0 Å². The highest BCUT2D eigenvalue weighted by atomic mass is 16.3. The van der Waals surface area contributed by atoms with Crippen molar-refractivity contribution in [2.75, 3.05) is 6.54 Å². The Morgan fingerprint density at radius 1 is 1.38 bits per heavy atom. The highest BCUT2D eigenvalue weighted by molar-refractivity contribution is 5.92. The minimum atomic E-state index is -0.582. The Morgan fingerprint density at radius 3 is 2.76 bits per heavy atom. The number of fused-ring (bicyclic) bond motifs is 1. The van der Waals surface area contributed by atoms with E-state index in [1.54, 1.807) is 6.08 Å². The second kappa shape index (κ2) is 6.14. The summed E-state index contributed by atoms with van der Waals surface area (Å²) in [6, 6.07) is 9.55. The van der Waals surface area contributed by atoms with Gasteiger partial charge in [-0.1, -0.05) is 39.0 Å². The van der Waals surface area contributed by atoms with Crippen molar-refractivity contribution in [1.29, 1.82) is 0 Å². The smallest absolute Gasteiger partial charge is 0.244 e. The van der Waals surface area contributed by atoms with Gasteiger partial charge in [0.2, 0.25) is 5.91 Å². The Labute approximate surface area is 124 Å². The second-order valence-electron chi connectivity index (χ2n) is 6.15. The topological polar surface area (TPSA) is 62.5 Å². The molecule has 1 aromatic heterocycles. The molecule has 112 valence electrons. The first kappa shape index (κ1) is 15.3. The van der Waals surface area contributed by atoms with Gasteiger partial charge in [0.1, 0.15) is 11.3 Å². The van der Waals surface area contributed by atoms with Crippen LogP contribution in [-0.4, -0.2) is 23.7 Å². The fourth-order valence-electron chi connectivity index (χ4n) is 1.80. The summed E-state index contributed by atoms with van der Waals surface area (Å²) in [4.78, 5) is 11.7. The molecule has 0 saturated heterocycles. The molecule has 2 N–H and O–H groups in total. The van der Waals surface area contributed by atoms with Crippen LogP contribution in [0, 0.1) is 5.41 Å².